The standard InChI is InChI=1S/C19H21ClO/c1-19(21,13-14-6-10-18(20)11-7-14)17-9-8-15-4-2-3-5-16(15)12-17/h6-12,21H,2-5,13H2,1H3. The molecule has 2 aromatic carbocycles. The Morgan fingerprint density at radius 2 is 1.67 bits per heavy atom. The summed E-state index contributed by atoms with van der Waals surface area (Å²) < 4.78 is 0. The molecule has 0 bridgehead atoms. The third-order valence-corrected chi connectivity index (χ3v) is 4.68. The molecule has 0 heterocycles. The monoisotopic (exact) mass is 300 g/mol. The Hall–Kier alpha value is -1.31. The summed E-state index contributed by atoms with van der Waals surface area (Å²) in [5.41, 5.74) is 4.13. The fraction of sp³-hybridized carbons (Fsp3) is 0.368. The summed E-state index contributed by atoms with van der Waals surface area (Å²) in [6.45, 7) is 1.90. The van der Waals surface area contributed by atoms with Crippen LogP contribution in [0.1, 0.15) is 42.0 Å². The maximum atomic E-state index is 10.9. The SMILES string of the molecule is CC(O)(Cc1ccc(Cl)cc1)c1ccc2c(c1)CCCC2. The number of rotatable bonds is 3. The van der Waals surface area contributed by atoms with Crippen LogP contribution in [0.25, 0.3) is 0 Å². The topological polar surface area (TPSA) is 20.2 Å². The molecule has 0 radical (unpaired) electrons. The average Bonchev–Trinajstić information content (AvgIpc) is 2.49. The Morgan fingerprint density at radius 1 is 1.00 bits per heavy atom. The van der Waals surface area contributed by atoms with Crippen LogP contribution in [0.15, 0.2) is 42.5 Å². The summed E-state index contributed by atoms with van der Waals surface area (Å²) >= 11 is 5.92. The van der Waals surface area contributed by atoms with Crippen LogP contribution in [0.3, 0.4) is 0 Å². The van der Waals surface area contributed by atoms with Gasteiger partial charge in [-0.25, -0.2) is 0 Å². The van der Waals surface area contributed by atoms with Gasteiger partial charge in [0.15, 0.2) is 0 Å². The molecular formula is C19H21ClO. The number of aliphatic hydroxyl groups is 1. The van der Waals surface area contributed by atoms with E-state index in [1.165, 1.54) is 30.4 Å². The minimum absolute atomic E-state index is 0.600. The van der Waals surface area contributed by atoms with E-state index in [2.05, 4.69) is 18.2 Å². The summed E-state index contributed by atoms with van der Waals surface area (Å²) in [4.78, 5) is 0. The highest BCUT2D eigenvalue weighted by Gasteiger charge is 2.25. The van der Waals surface area contributed by atoms with Crippen molar-refractivity contribution in [2.45, 2.75) is 44.6 Å². The summed E-state index contributed by atoms with van der Waals surface area (Å²) in [7, 11) is 0. The molecule has 2 aromatic rings. The highest BCUT2D eigenvalue weighted by Crippen LogP contribution is 2.30. The van der Waals surface area contributed by atoms with Crippen molar-refractivity contribution in [3.05, 3.63) is 69.7 Å². The van der Waals surface area contributed by atoms with Crippen molar-refractivity contribution in [1.82, 2.24) is 0 Å². The summed E-state index contributed by atoms with van der Waals surface area (Å²) in [6.07, 6.45) is 5.46. The van der Waals surface area contributed by atoms with Crippen molar-refractivity contribution in [2.24, 2.45) is 0 Å². The molecule has 1 atom stereocenters. The van der Waals surface area contributed by atoms with Gasteiger partial charge in [-0.15, -0.1) is 0 Å². The van der Waals surface area contributed by atoms with Gasteiger partial charge in [0, 0.05) is 11.4 Å². The van der Waals surface area contributed by atoms with Gasteiger partial charge in [-0.3, -0.25) is 0 Å². The zero-order chi connectivity index (χ0) is 14.9. The number of hydrogen-bond donors (Lipinski definition) is 1. The van der Waals surface area contributed by atoms with Crippen molar-refractivity contribution < 1.29 is 5.11 Å². The van der Waals surface area contributed by atoms with E-state index in [9.17, 15) is 5.11 Å². The quantitative estimate of drug-likeness (QED) is 0.873. The van der Waals surface area contributed by atoms with Gasteiger partial charge in [0.1, 0.15) is 0 Å². The Bertz CT molecular complexity index is 629. The smallest absolute Gasteiger partial charge is 0.0908 e. The lowest BCUT2D eigenvalue weighted by molar-refractivity contribution is 0.0575. The zero-order valence-electron chi connectivity index (χ0n) is 12.4. The van der Waals surface area contributed by atoms with E-state index in [-0.39, 0.29) is 0 Å². The van der Waals surface area contributed by atoms with E-state index in [0.717, 1.165) is 22.6 Å². The van der Waals surface area contributed by atoms with Crippen LogP contribution in [0.5, 0.6) is 0 Å². The second kappa shape index (κ2) is 5.82. The molecule has 0 aliphatic heterocycles. The average molecular weight is 301 g/mol. The molecule has 0 aromatic heterocycles. The molecular weight excluding hydrogens is 280 g/mol. The van der Waals surface area contributed by atoms with Gasteiger partial charge in [0.05, 0.1) is 5.60 Å². The van der Waals surface area contributed by atoms with Gasteiger partial charge >= 0.3 is 0 Å². The van der Waals surface area contributed by atoms with E-state index >= 15 is 0 Å². The number of benzene rings is 2. The Balaban J connectivity index is 1.85. The molecule has 21 heavy (non-hydrogen) atoms. The van der Waals surface area contributed by atoms with E-state index in [1.54, 1.807) is 0 Å². The van der Waals surface area contributed by atoms with E-state index < -0.39 is 5.60 Å². The molecule has 0 amide bonds. The zero-order valence-corrected chi connectivity index (χ0v) is 13.2. The first kappa shape index (κ1) is 14.6. The molecule has 3 rings (SSSR count). The molecule has 1 nitrogen and oxygen atoms in total. The summed E-state index contributed by atoms with van der Waals surface area (Å²) in [5.74, 6) is 0. The highest BCUT2D eigenvalue weighted by atomic mass is 35.5. The molecule has 0 saturated carbocycles. The van der Waals surface area contributed by atoms with Crippen molar-refractivity contribution in [3.8, 4) is 0 Å². The lowest BCUT2D eigenvalue weighted by Gasteiger charge is -2.26. The van der Waals surface area contributed by atoms with Crippen molar-refractivity contribution >= 4 is 11.6 Å². The Kier molecular flexibility index (Phi) is 4.05. The van der Waals surface area contributed by atoms with E-state index in [4.69, 9.17) is 11.6 Å². The maximum Gasteiger partial charge on any atom is 0.0908 e. The van der Waals surface area contributed by atoms with Crippen LogP contribution >= 0.6 is 11.6 Å². The van der Waals surface area contributed by atoms with Crippen LogP contribution in [0, 0.1) is 0 Å². The maximum absolute atomic E-state index is 10.9. The van der Waals surface area contributed by atoms with Gasteiger partial charge in [-0.1, -0.05) is 41.9 Å². The second-order valence-electron chi connectivity index (χ2n) is 6.27. The third-order valence-electron chi connectivity index (χ3n) is 4.43. The van der Waals surface area contributed by atoms with Crippen LogP contribution in [-0.2, 0) is 24.9 Å². The highest BCUT2D eigenvalue weighted by molar-refractivity contribution is 6.30. The van der Waals surface area contributed by atoms with Crippen LogP contribution < -0.4 is 0 Å². The number of hydrogen-bond acceptors (Lipinski definition) is 1. The van der Waals surface area contributed by atoms with Gasteiger partial charge in [0.25, 0.3) is 0 Å². The lowest BCUT2D eigenvalue weighted by atomic mass is 9.84. The van der Waals surface area contributed by atoms with Crippen LogP contribution in [-0.4, -0.2) is 5.11 Å². The molecule has 1 aliphatic rings. The number of fused-ring (bicyclic) bond motifs is 1. The fourth-order valence-electron chi connectivity index (χ4n) is 3.17. The van der Waals surface area contributed by atoms with Crippen LogP contribution in [0.2, 0.25) is 5.02 Å². The normalized spacial score (nSPS) is 17.1. The molecule has 2 heteroatoms. The lowest BCUT2D eigenvalue weighted by Crippen LogP contribution is -2.25. The van der Waals surface area contributed by atoms with Crippen molar-refractivity contribution in [1.29, 1.82) is 0 Å². The van der Waals surface area contributed by atoms with Gasteiger partial charge in [-0.05, 0) is 67.0 Å². The first-order valence-corrected chi connectivity index (χ1v) is 8.01. The predicted molar refractivity (Wildman–Crippen MR) is 87.8 cm³/mol. The van der Waals surface area contributed by atoms with Crippen molar-refractivity contribution in [3.63, 3.8) is 0 Å². The van der Waals surface area contributed by atoms with Crippen LogP contribution in [0.4, 0.5) is 0 Å². The van der Waals surface area contributed by atoms with Gasteiger partial charge < -0.3 is 5.11 Å². The van der Waals surface area contributed by atoms with Gasteiger partial charge in [0.2, 0.25) is 0 Å². The molecule has 1 N–H and O–H groups in total. The summed E-state index contributed by atoms with van der Waals surface area (Å²) in [5, 5.41) is 11.6. The van der Waals surface area contributed by atoms with E-state index in [0.29, 0.717) is 6.42 Å². The minimum atomic E-state index is -0.847. The largest absolute Gasteiger partial charge is 0.385 e. The third kappa shape index (κ3) is 3.30. The number of aryl methyl sites for hydroxylation is 2. The minimum Gasteiger partial charge on any atom is -0.385 e. The Labute approximate surface area is 131 Å². The molecule has 0 saturated heterocycles. The first-order chi connectivity index (χ1) is 10.0. The first-order valence-electron chi connectivity index (χ1n) is 7.64. The summed E-state index contributed by atoms with van der Waals surface area (Å²) in [6, 6.07) is 14.2. The molecule has 1 aliphatic carbocycles. The molecule has 0 spiro atoms. The molecule has 1 unspecified atom stereocenters. The van der Waals surface area contributed by atoms with E-state index in [1.807, 2.05) is 31.2 Å². The predicted octanol–water partition coefficient (Wildman–Crippen LogP) is 4.67. The molecule has 0 fully saturated rings. The fourth-order valence-corrected chi connectivity index (χ4v) is 3.30. The van der Waals surface area contributed by atoms with Crippen molar-refractivity contribution in [2.75, 3.05) is 0 Å². The number of halogens is 1. The Morgan fingerprint density at radius 3 is 2.38 bits per heavy atom. The molecule has 110 valence electrons. The second-order valence-corrected chi connectivity index (χ2v) is 6.70. The van der Waals surface area contributed by atoms with Gasteiger partial charge in [-0.2, -0.15) is 0 Å².